The molecule has 0 heterocycles. The van der Waals surface area contributed by atoms with Gasteiger partial charge in [-0.15, -0.1) is 4.91 Å². The van der Waals surface area contributed by atoms with E-state index in [1.807, 2.05) is 0 Å². The van der Waals surface area contributed by atoms with Gasteiger partial charge in [0.05, 0.1) is 17.3 Å². The monoisotopic (exact) mass is 216 g/mol. The van der Waals surface area contributed by atoms with Gasteiger partial charge < -0.3 is 4.74 Å². The summed E-state index contributed by atoms with van der Waals surface area (Å²) in [5.41, 5.74) is 0. The van der Waals surface area contributed by atoms with Crippen molar-refractivity contribution >= 4 is 10.0 Å². The van der Waals surface area contributed by atoms with E-state index in [-0.39, 0.29) is 4.90 Å². The molecule has 0 atom stereocenters. The number of nitroso groups, excluding NO2 is 1. The molecule has 1 rings (SSSR count). The van der Waals surface area contributed by atoms with E-state index in [1.54, 1.807) is 0 Å². The Hall–Kier alpha value is -1.63. The molecule has 0 fully saturated rings. The average molecular weight is 216 g/mol. The van der Waals surface area contributed by atoms with Gasteiger partial charge in [-0.25, -0.2) is 0 Å². The van der Waals surface area contributed by atoms with Crippen LogP contribution in [0.1, 0.15) is 0 Å². The van der Waals surface area contributed by atoms with E-state index >= 15 is 0 Å². The van der Waals surface area contributed by atoms with E-state index in [2.05, 4.69) is 5.29 Å². The lowest BCUT2D eigenvalue weighted by Gasteiger charge is -2.02. The highest BCUT2D eigenvalue weighted by Crippen LogP contribution is 2.14. The first-order valence-electron chi connectivity index (χ1n) is 3.58. The smallest absolute Gasteiger partial charge is 0.279 e. The van der Waals surface area contributed by atoms with Crippen molar-refractivity contribution in [2.45, 2.75) is 4.90 Å². The number of ether oxygens (including phenoxy) is 1. The summed E-state index contributed by atoms with van der Waals surface area (Å²) in [4.78, 5) is 11.2. The van der Waals surface area contributed by atoms with Crippen molar-refractivity contribution in [1.29, 1.82) is 0 Å². The zero-order valence-electron chi connectivity index (χ0n) is 7.30. The fraction of sp³-hybridized carbons (Fsp3) is 0.143. The summed E-state index contributed by atoms with van der Waals surface area (Å²) >= 11 is 0. The van der Waals surface area contributed by atoms with Crippen LogP contribution < -0.4 is 9.57 Å². The SMILES string of the molecule is COc1ccc(S(=O)(=O)NN=O)cc1. The largest absolute Gasteiger partial charge is 0.497 e. The molecule has 14 heavy (non-hydrogen) atoms. The molecule has 0 aliphatic heterocycles. The first-order valence-corrected chi connectivity index (χ1v) is 5.06. The number of methoxy groups -OCH3 is 1. The molecule has 1 aromatic rings. The minimum absolute atomic E-state index is 0.0436. The minimum Gasteiger partial charge on any atom is -0.497 e. The van der Waals surface area contributed by atoms with Crippen LogP contribution in [-0.4, -0.2) is 15.5 Å². The number of hydrogen-bond acceptors (Lipinski definition) is 5. The molecule has 0 aliphatic rings. The lowest BCUT2D eigenvalue weighted by molar-refractivity contribution is 0.414. The molecular formula is C7H8N2O4S. The Morgan fingerprint density at radius 3 is 2.29 bits per heavy atom. The second-order valence-electron chi connectivity index (χ2n) is 2.36. The summed E-state index contributed by atoms with van der Waals surface area (Å²) in [5.74, 6) is 0.531. The Morgan fingerprint density at radius 1 is 1.29 bits per heavy atom. The Balaban J connectivity index is 3.03. The number of rotatable bonds is 4. The maximum Gasteiger partial charge on any atom is 0.279 e. The van der Waals surface area contributed by atoms with Crippen LogP contribution in [0.2, 0.25) is 0 Å². The maximum absolute atomic E-state index is 11.2. The Bertz CT molecular complexity index is 412. The molecule has 0 saturated carbocycles. The quantitative estimate of drug-likeness (QED) is 0.591. The average Bonchev–Trinajstić information content (AvgIpc) is 2.18. The molecule has 6 nitrogen and oxygen atoms in total. The van der Waals surface area contributed by atoms with Gasteiger partial charge >= 0.3 is 0 Å². The maximum atomic E-state index is 11.2. The topological polar surface area (TPSA) is 84.8 Å². The molecule has 76 valence electrons. The number of hydrogen-bond donors (Lipinski definition) is 1. The van der Waals surface area contributed by atoms with Crippen molar-refractivity contribution in [3.8, 4) is 5.75 Å². The van der Waals surface area contributed by atoms with Gasteiger partial charge in [-0.05, 0) is 24.3 Å². The highest BCUT2D eigenvalue weighted by atomic mass is 32.2. The molecule has 0 radical (unpaired) electrons. The van der Waals surface area contributed by atoms with Crippen molar-refractivity contribution in [3.05, 3.63) is 29.2 Å². The summed E-state index contributed by atoms with van der Waals surface area (Å²) in [6, 6.07) is 5.57. The van der Waals surface area contributed by atoms with Crippen LogP contribution in [0, 0.1) is 4.91 Å². The third-order valence-corrected chi connectivity index (χ3v) is 2.73. The highest BCUT2D eigenvalue weighted by Gasteiger charge is 2.12. The van der Waals surface area contributed by atoms with Crippen LogP contribution in [0.15, 0.2) is 34.4 Å². The molecule has 1 aromatic carbocycles. The number of nitrogens with one attached hydrogen (secondary N) is 1. The normalized spacial score (nSPS) is 10.6. The number of sulfonamides is 1. The predicted molar refractivity (Wildman–Crippen MR) is 49.1 cm³/mol. The van der Waals surface area contributed by atoms with Gasteiger partial charge in [0, 0.05) is 0 Å². The van der Waals surface area contributed by atoms with E-state index in [1.165, 1.54) is 36.2 Å². The van der Waals surface area contributed by atoms with Crippen LogP contribution in [0.4, 0.5) is 0 Å². The van der Waals surface area contributed by atoms with Crippen molar-refractivity contribution in [2.24, 2.45) is 5.29 Å². The minimum atomic E-state index is -3.82. The molecule has 0 unspecified atom stereocenters. The van der Waals surface area contributed by atoms with Gasteiger partial charge in [0.25, 0.3) is 10.0 Å². The zero-order chi connectivity index (χ0) is 10.6. The van der Waals surface area contributed by atoms with Gasteiger partial charge in [0.15, 0.2) is 0 Å². The van der Waals surface area contributed by atoms with Gasteiger partial charge in [-0.3, -0.25) is 0 Å². The van der Waals surface area contributed by atoms with Gasteiger partial charge in [0.1, 0.15) is 5.75 Å². The van der Waals surface area contributed by atoms with Gasteiger partial charge in [0.2, 0.25) is 0 Å². The Labute approximate surface area is 80.9 Å². The summed E-state index contributed by atoms with van der Waals surface area (Å²) in [5, 5.41) is 2.11. The first kappa shape index (κ1) is 10.5. The molecular weight excluding hydrogens is 208 g/mol. The molecule has 0 aromatic heterocycles. The van der Waals surface area contributed by atoms with E-state index in [0.717, 1.165) is 0 Å². The van der Waals surface area contributed by atoms with Crippen molar-refractivity contribution in [2.75, 3.05) is 7.11 Å². The molecule has 0 bridgehead atoms. The lowest BCUT2D eigenvalue weighted by Crippen LogP contribution is -2.16. The van der Waals surface area contributed by atoms with E-state index in [9.17, 15) is 13.3 Å². The number of benzene rings is 1. The Morgan fingerprint density at radius 2 is 1.86 bits per heavy atom. The summed E-state index contributed by atoms with van der Waals surface area (Å²) in [6.07, 6.45) is 0. The summed E-state index contributed by atoms with van der Waals surface area (Å²) in [7, 11) is -2.35. The number of nitrogens with zero attached hydrogens (tertiary/aromatic N) is 1. The summed E-state index contributed by atoms with van der Waals surface area (Å²) in [6.45, 7) is 0. The zero-order valence-corrected chi connectivity index (χ0v) is 8.11. The fourth-order valence-corrected chi connectivity index (χ4v) is 1.55. The van der Waals surface area contributed by atoms with E-state index in [4.69, 9.17) is 4.74 Å². The second kappa shape index (κ2) is 4.05. The van der Waals surface area contributed by atoms with Crippen molar-refractivity contribution in [1.82, 2.24) is 4.83 Å². The van der Waals surface area contributed by atoms with Crippen LogP contribution in [0.5, 0.6) is 5.75 Å². The highest BCUT2D eigenvalue weighted by molar-refractivity contribution is 7.89. The van der Waals surface area contributed by atoms with Gasteiger partial charge in [-0.2, -0.15) is 13.2 Å². The molecule has 1 N–H and O–H groups in total. The van der Waals surface area contributed by atoms with Crippen molar-refractivity contribution < 1.29 is 13.2 Å². The van der Waals surface area contributed by atoms with E-state index < -0.39 is 10.0 Å². The molecule has 7 heteroatoms. The van der Waals surface area contributed by atoms with Crippen LogP contribution in [0.3, 0.4) is 0 Å². The Kier molecular flexibility index (Phi) is 3.03. The van der Waals surface area contributed by atoms with Crippen molar-refractivity contribution in [3.63, 3.8) is 0 Å². The molecule has 0 amide bonds. The predicted octanol–water partition coefficient (Wildman–Crippen LogP) is 0.655. The van der Waals surface area contributed by atoms with Crippen LogP contribution in [0.25, 0.3) is 0 Å². The second-order valence-corrected chi connectivity index (χ2v) is 4.02. The lowest BCUT2D eigenvalue weighted by atomic mass is 10.3. The van der Waals surface area contributed by atoms with E-state index in [0.29, 0.717) is 5.75 Å². The van der Waals surface area contributed by atoms with Crippen LogP contribution in [-0.2, 0) is 10.0 Å². The standard InChI is InChI=1S/C7H8N2O4S/c1-13-6-2-4-7(5-3-6)14(11,12)9-8-10/h2-5H,1H3,(H,9,10). The first-order chi connectivity index (χ1) is 6.60. The third kappa shape index (κ3) is 2.19. The molecule has 0 saturated heterocycles. The molecule has 0 spiro atoms. The molecule has 0 aliphatic carbocycles. The van der Waals surface area contributed by atoms with Gasteiger partial charge in [-0.1, -0.05) is 0 Å². The summed E-state index contributed by atoms with van der Waals surface area (Å²) < 4.78 is 27.2. The third-order valence-electron chi connectivity index (χ3n) is 1.53. The fourth-order valence-electron chi connectivity index (χ4n) is 0.857. The van der Waals surface area contributed by atoms with Crippen LogP contribution >= 0.6 is 0 Å².